The molecule has 1 amide bonds. The van der Waals surface area contributed by atoms with Gasteiger partial charge < -0.3 is 9.57 Å². The first-order valence-corrected chi connectivity index (χ1v) is 6.71. The van der Waals surface area contributed by atoms with Crippen molar-refractivity contribution in [2.75, 3.05) is 0 Å². The lowest BCUT2D eigenvalue weighted by atomic mass is 10.2. The van der Waals surface area contributed by atoms with E-state index in [-0.39, 0.29) is 6.61 Å². The fraction of sp³-hybridized carbons (Fsp3) is 0.0714. The molecule has 0 aromatic heterocycles. The van der Waals surface area contributed by atoms with Gasteiger partial charge in [-0.15, -0.1) is 0 Å². The zero-order valence-electron chi connectivity index (χ0n) is 10.0. The molecule has 0 fully saturated rings. The molecule has 0 aliphatic carbocycles. The maximum atomic E-state index is 11.4. The minimum atomic E-state index is -0.622. The molecule has 2 aromatic carbocycles. The van der Waals surface area contributed by atoms with Crippen LogP contribution in [0.1, 0.15) is 5.56 Å². The van der Waals surface area contributed by atoms with Gasteiger partial charge in [-0.25, -0.2) is 4.79 Å². The van der Waals surface area contributed by atoms with Crippen LogP contribution in [-0.2, 0) is 11.3 Å². The van der Waals surface area contributed by atoms with Gasteiger partial charge in [0.1, 0.15) is 6.61 Å². The maximum absolute atomic E-state index is 11.4. The number of rotatable bonds is 4. The maximum Gasteiger partial charge on any atom is 0.440 e. The third-order valence-electron chi connectivity index (χ3n) is 2.26. The Morgan fingerprint density at radius 3 is 2.63 bits per heavy atom. The molecule has 0 aliphatic rings. The third-order valence-corrected chi connectivity index (χ3v) is 2.93. The molecule has 4 nitrogen and oxygen atoms in total. The normalized spacial score (nSPS) is 9.74. The van der Waals surface area contributed by atoms with E-state index in [0.29, 0.717) is 5.75 Å². The summed E-state index contributed by atoms with van der Waals surface area (Å²) in [6.07, 6.45) is -0.622. The molecule has 98 valence electrons. The smallest absolute Gasteiger partial charge is 0.440 e. The molecule has 0 spiro atoms. The first-order valence-electron chi connectivity index (χ1n) is 5.63. The fourth-order valence-electron chi connectivity index (χ4n) is 1.38. The largest absolute Gasteiger partial charge is 0.443 e. The summed E-state index contributed by atoms with van der Waals surface area (Å²) in [5.41, 5.74) is 3.15. The molecule has 0 saturated carbocycles. The van der Waals surface area contributed by atoms with Crippen LogP contribution < -0.4 is 10.3 Å². The minimum Gasteiger partial charge on any atom is -0.443 e. The molecule has 0 radical (unpaired) electrons. The molecular weight excluding hydrogens is 357 g/mol. The van der Waals surface area contributed by atoms with Gasteiger partial charge in [0.2, 0.25) is 0 Å². The molecule has 19 heavy (non-hydrogen) atoms. The Bertz CT molecular complexity index is 545. The van der Waals surface area contributed by atoms with Gasteiger partial charge in [-0.3, -0.25) is 0 Å². The van der Waals surface area contributed by atoms with Crippen LogP contribution in [0.25, 0.3) is 0 Å². The van der Waals surface area contributed by atoms with Crippen LogP contribution in [0.15, 0.2) is 54.6 Å². The van der Waals surface area contributed by atoms with Crippen molar-refractivity contribution in [1.29, 1.82) is 0 Å². The topological polar surface area (TPSA) is 47.6 Å². The molecule has 0 atom stereocenters. The Morgan fingerprint density at radius 2 is 1.89 bits per heavy atom. The number of hydrogen-bond donors (Lipinski definition) is 1. The van der Waals surface area contributed by atoms with Crippen LogP contribution >= 0.6 is 22.6 Å². The van der Waals surface area contributed by atoms with Crippen molar-refractivity contribution in [2.45, 2.75) is 6.61 Å². The Kier molecular flexibility index (Phi) is 5.02. The molecule has 0 bridgehead atoms. The van der Waals surface area contributed by atoms with Gasteiger partial charge in [0, 0.05) is 3.57 Å². The van der Waals surface area contributed by atoms with E-state index in [2.05, 4.69) is 28.1 Å². The summed E-state index contributed by atoms with van der Waals surface area (Å²) < 4.78 is 6.03. The summed E-state index contributed by atoms with van der Waals surface area (Å²) >= 11 is 2.16. The van der Waals surface area contributed by atoms with Gasteiger partial charge in [-0.1, -0.05) is 36.4 Å². The molecule has 0 unspecified atom stereocenters. The van der Waals surface area contributed by atoms with Crippen molar-refractivity contribution in [2.24, 2.45) is 0 Å². The number of ether oxygens (including phenoxy) is 1. The van der Waals surface area contributed by atoms with Crippen molar-refractivity contribution in [3.8, 4) is 5.75 Å². The molecule has 1 N–H and O–H groups in total. The number of benzene rings is 2. The van der Waals surface area contributed by atoms with Crippen molar-refractivity contribution >= 4 is 28.7 Å². The van der Waals surface area contributed by atoms with Crippen LogP contribution in [0.2, 0.25) is 0 Å². The van der Waals surface area contributed by atoms with Gasteiger partial charge in [-0.2, -0.15) is 5.48 Å². The monoisotopic (exact) mass is 369 g/mol. The van der Waals surface area contributed by atoms with E-state index < -0.39 is 6.09 Å². The van der Waals surface area contributed by atoms with Crippen molar-refractivity contribution in [1.82, 2.24) is 5.48 Å². The Morgan fingerprint density at radius 1 is 1.11 bits per heavy atom. The van der Waals surface area contributed by atoms with Gasteiger partial charge in [0.25, 0.3) is 0 Å². The van der Waals surface area contributed by atoms with E-state index in [9.17, 15) is 4.79 Å². The second-order valence-corrected chi connectivity index (χ2v) is 4.97. The Balaban J connectivity index is 1.76. The zero-order chi connectivity index (χ0) is 13.5. The standard InChI is InChI=1S/C14H12INO3/c15-12-7-4-8-13(9-12)19-16-14(17)18-10-11-5-2-1-3-6-11/h1-9H,10H2,(H,16,17). The van der Waals surface area contributed by atoms with Crippen LogP contribution in [0.5, 0.6) is 5.75 Å². The summed E-state index contributed by atoms with van der Waals surface area (Å²) in [7, 11) is 0. The average Bonchev–Trinajstić information content (AvgIpc) is 2.44. The van der Waals surface area contributed by atoms with Gasteiger partial charge >= 0.3 is 6.09 Å². The quantitative estimate of drug-likeness (QED) is 0.663. The Hall–Kier alpha value is -1.76. The van der Waals surface area contributed by atoms with E-state index in [1.165, 1.54) is 0 Å². The first kappa shape index (κ1) is 13.7. The van der Waals surface area contributed by atoms with Crippen molar-refractivity contribution in [3.05, 3.63) is 63.7 Å². The van der Waals surface area contributed by atoms with Crippen LogP contribution in [-0.4, -0.2) is 6.09 Å². The number of amides is 1. The van der Waals surface area contributed by atoms with Crippen LogP contribution in [0, 0.1) is 3.57 Å². The lowest BCUT2D eigenvalue weighted by Crippen LogP contribution is -2.27. The van der Waals surface area contributed by atoms with E-state index in [4.69, 9.17) is 9.57 Å². The molecule has 5 heteroatoms. The fourth-order valence-corrected chi connectivity index (χ4v) is 1.90. The highest BCUT2D eigenvalue weighted by atomic mass is 127. The third kappa shape index (κ3) is 4.78. The number of hydroxylamine groups is 1. The molecule has 2 rings (SSSR count). The first-order chi connectivity index (χ1) is 9.24. The average molecular weight is 369 g/mol. The van der Waals surface area contributed by atoms with E-state index in [1.54, 1.807) is 12.1 Å². The van der Waals surface area contributed by atoms with Gasteiger partial charge in [0.05, 0.1) is 0 Å². The summed E-state index contributed by atoms with van der Waals surface area (Å²) in [5, 5.41) is 0. The van der Waals surface area contributed by atoms with E-state index in [1.807, 2.05) is 42.5 Å². The summed E-state index contributed by atoms with van der Waals surface area (Å²) in [6.45, 7) is 0.211. The lowest BCUT2D eigenvalue weighted by Gasteiger charge is -2.08. The second kappa shape index (κ2) is 6.98. The van der Waals surface area contributed by atoms with Crippen LogP contribution in [0.3, 0.4) is 0 Å². The lowest BCUT2D eigenvalue weighted by molar-refractivity contribution is 0.0947. The predicted octanol–water partition coefficient (Wildman–Crippen LogP) is 3.51. The number of halogens is 1. The number of carbonyl (C=O) groups excluding carboxylic acids is 1. The second-order valence-electron chi connectivity index (χ2n) is 3.72. The Labute approximate surface area is 124 Å². The SMILES string of the molecule is O=C(NOc1cccc(I)c1)OCc1ccccc1. The summed E-state index contributed by atoms with van der Waals surface area (Å²) in [4.78, 5) is 16.5. The minimum absolute atomic E-state index is 0.211. The highest BCUT2D eigenvalue weighted by molar-refractivity contribution is 14.1. The number of nitrogens with one attached hydrogen (secondary N) is 1. The van der Waals surface area contributed by atoms with Gasteiger partial charge in [-0.05, 0) is 46.4 Å². The highest BCUT2D eigenvalue weighted by Gasteiger charge is 2.03. The van der Waals surface area contributed by atoms with Gasteiger partial charge in [0.15, 0.2) is 5.75 Å². The summed E-state index contributed by atoms with van der Waals surface area (Å²) in [6, 6.07) is 16.8. The van der Waals surface area contributed by atoms with E-state index >= 15 is 0 Å². The predicted molar refractivity (Wildman–Crippen MR) is 79.5 cm³/mol. The van der Waals surface area contributed by atoms with Crippen molar-refractivity contribution < 1.29 is 14.4 Å². The molecule has 0 saturated heterocycles. The van der Waals surface area contributed by atoms with E-state index in [0.717, 1.165) is 9.13 Å². The molecule has 2 aromatic rings. The number of hydrogen-bond acceptors (Lipinski definition) is 3. The molecule has 0 aliphatic heterocycles. The number of carbonyl (C=O) groups is 1. The highest BCUT2D eigenvalue weighted by Crippen LogP contribution is 2.13. The molecule has 0 heterocycles. The zero-order valence-corrected chi connectivity index (χ0v) is 12.2. The van der Waals surface area contributed by atoms with Crippen LogP contribution in [0.4, 0.5) is 4.79 Å². The van der Waals surface area contributed by atoms with Crippen molar-refractivity contribution in [3.63, 3.8) is 0 Å². The summed E-state index contributed by atoms with van der Waals surface area (Å²) in [5.74, 6) is 0.559. The molecular formula is C14H12INO3.